The van der Waals surface area contributed by atoms with Gasteiger partial charge in [0.05, 0.1) is 13.4 Å². The molecule has 0 aliphatic rings. The predicted molar refractivity (Wildman–Crippen MR) is 109 cm³/mol. The Hall–Kier alpha value is -2.83. The molecule has 0 unspecified atom stereocenters. The molecule has 0 aromatic carbocycles. The number of nitrogens with zero attached hydrogens (tertiary/aromatic N) is 2. The maximum atomic E-state index is 12.1. The van der Waals surface area contributed by atoms with Crippen molar-refractivity contribution in [1.82, 2.24) is 14.9 Å². The summed E-state index contributed by atoms with van der Waals surface area (Å²) in [4.78, 5) is 28.3. The van der Waals surface area contributed by atoms with E-state index in [1.807, 2.05) is 22.8 Å². The molecular weight excluding hydrogens is 358 g/mol. The molecule has 0 spiro atoms. The average molecular weight is 389 g/mol. The topological polar surface area (TPSA) is 82.5 Å². The van der Waals surface area contributed by atoms with Crippen molar-refractivity contribution >= 4 is 12.1 Å². The van der Waals surface area contributed by atoms with Crippen LogP contribution in [0.15, 0.2) is 49.0 Å². The van der Waals surface area contributed by atoms with Crippen LogP contribution >= 0.6 is 0 Å². The number of rotatable bonds is 9. The molecule has 1 rings (SSSR count). The SMILES string of the molecule is C=C(/C=C\C=C/CC)Cn1cncc1C[C@H](NC(=O)OC(C)(C)C)C(=O)OC. The van der Waals surface area contributed by atoms with Crippen LogP contribution in [-0.4, -0.2) is 40.4 Å². The van der Waals surface area contributed by atoms with Crippen LogP contribution in [0.5, 0.6) is 0 Å². The molecule has 0 radical (unpaired) electrons. The van der Waals surface area contributed by atoms with Crippen molar-refractivity contribution in [3.8, 4) is 0 Å². The van der Waals surface area contributed by atoms with Gasteiger partial charge in [-0.1, -0.05) is 37.8 Å². The summed E-state index contributed by atoms with van der Waals surface area (Å²) in [6.45, 7) is 11.9. The lowest BCUT2D eigenvalue weighted by atomic mass is 10.1. The van der Waals surface area contributed by atoms with E-state index < -0.39 is 23.7 Å². The molecule has 7 heteroatoms. The van der Waals surface area contributed by atoms with Crippen LogP contribution in [0.25, 0.3) is 0 Å². The molecule has 1 atom stereocenters. The van der Waals surface area contributed by atoms with Crippen LogP contribution in [0.2, 0.25) is 0 Å². The van der Waals surface area contributed by atoms with E-state index in [1.165, 1.54) is 7.11 Å². The van der Waals surface area contributed by atoms with Crippen LogP contribution in [-0.2, 0) is 27.2 Å². The maximum Gasteiger partial charge on any atom is 0.408 e. The zero-order valence-electron chi connectivity index (χ0n) is 17.4. The summed E-state index contributed by atoms with van der Waals surface area (Å²) in [5.74, 6) is -0.554. The van der Waals surface area contributed by atoms with Crippen LogP contribution in [0.4, 0.5) is 4.79 Å². The Kier molecular flexibility index (Phi) is 9.21. The first-order chi connectivity index (χ1) is 13.2. The molecule has 0 bridgehead atoms. The number of carbonyl (C=O) groups excluding carboxylic acids is 2. The zero-order chi connectivity index (χ0) is 21.2. The Bertz CT molecular complexity index is 726. The molecule has 0 saturated carbocycles. The Balaban J connectivity index is 2.82. The van der Waals surface area contributed by atoms with Gasteiger partial charge in [-0.25, -0.2) is 14.6 Å². The van der Waals surface area contributed by atoms with Gasteiger partial charge < -0.3 is 19.4 Å². The van der Waals surface area contributed by atoms with Crippen LogP contribution in [0, 0.1) is 0 Å². The van der Waals surface area contributed by atoms with Gasteiger partial charge in [-0.05, 0) is 32.8 Å². The third kappa shape index (κ3) is 8.70. The molecule has 28 heavy (non-hydrogen) atoms. The number of carbonyl (C=O) groups is 2. The molecule has 0 fully saturated rings. The molecule has 1 heterocycles. The van der Waals surface area contributed by atoms with Crippen molar-refractivity contribution in [2.24, 2.45) is 0 Å². The van der Waals surface area contributed by atoms with Gasteiger partial charge in [0.15, 0.2) is 0 Å². The minimum absolute atomic E-state index is 0.221. The van der Waals surface area contributed by atoms with E-state index in [0.717, 1.165) is 17.7 Å². The van der Waals surface area contributed by atoms with Crippen molar-refractivity contribution in [1.29, 1.82) is 0 Å². The molecule has 1 aromatic heterocycles. The van der Waals surface area contributed by atoms with E-state index in [1.54, 1.807) is 33.3 Å². The van der Waals surface area contributed by atoms with E-state index in [2.05, 4.69) is 29.9 Å². The Morgan fingerprint density at radius 2 is 2.07 bits per heavy atom. The van der Waals surface area contributed by atoms with Gasteiger partial charge in [-0.3, -0.25) is 0 Å². The third-order valence-electron chi connectivity index (χ3n) is 3.58. The number of aromatic nitrogens is 2. The van der Waals surface area contributed by atoms with Gasteiger partial charge in [0.25, 0.3) is 0 Å². The third-order valence-corrected chi connectivity index (χ3v) is 3.58. The largest absolute Gasteiger partial charge is 0.467 e. The van der Waals surface area contributed by atoms with E-state index in [0.29, 0.717) is 6.54 Å². The van der Waals surface area contributed by atoms with Crippen molar-refractivity contribution in [3.63, 3.8) is 0 Å². The van der Waals surface area contributed by atoms with Crippen molar-refractivity contribution in [3.05, 3.63) is 54.7 Å². The van der Waals surface area contributed by atoms with Gasteiger partial charge in [0.2, 0.25) is 0 Å². The highest BCUT2D eigenvalue weighted by Gasteiger charge is 2.26. The first-order valence-electron chi connectivity index (χ1n) is 9.23. The molecule has 1 amide bonds. The number of ether oxygens (including phenoxy) is 2. The van der Waals surface area contributed by atoms with Crippen molar-refractivity contribution < 1.29 is 19.1 Å². The van der Waals surface area contributed by atoms with E-state index in [9.17, 15) is 9.59 Å². The molecule has 7 nitrogen and oxygen atoms in total. The predicted octanol–water partition coefficient (Wildman–Crippen LogP) is 3.57. The summed E-state index contributed by atoms with van der Waals surface area (Å²) in [5.41, 5.74) is 0.989. The maximum absolute atomic E-state index is 12.1. The first-order valence-corrected chi connectivity index (χ1v) is 9.23. The molecule has 1 aromatic rings. The van der Waals surface area contributed by atoms with Gasteiger partial charge in [0.1, 0.15) is 11.6 Å². The summed E-state index contributed by atoms with van der Waals surface area (Å²) in [6.07, 6.45) is 11.7. The molecule has 0 aliphatic carbocycles. The number of alkyl carbamates (subject to hydrolysis) is 1. The van der Waals surface area contributed by atoms with Crippen LogP contribution in [0.1, 0.15) is 39.8 Å². The highest BCUT2D eigenvalue weighted by molar-refractivity contribution is 5.81. The smallest absolute Gasteiger partial charge is 0.408 e. The quantitative estimate of drug-likeness (QED) is 0.516. The number of hydrogen-bond donors (Lipinski definition) is 1. The number of nitrogens with one attached hydrogen (secondary N) is 1. The molecule has 1 N–H and O–H groups in total. The fraction of sp³-hybridized carbons (Fsp3) is 0.476. The van der Waals surface area contributed by atoms with Gasteiger partial charge >= 0.3 is 12.1 Å². The Morgan fingerprint density at radius 1 is 1.36 bits per heavy atom. The second-order valence-corrected chi connectivity index (χ2v) is 7.29. The average Bonchev–Trinajstić information content (AvgIpc) is 3.02. The highest BCUT2D eigenvalue weighted by Crippen LogP contribution is 2.11. The summed E-state index contributed by atoms with van der Waals surface area (Å²) >= 11 is 0. The first kappa shape index (κ1) is 23.2. The normalized spacial score (nSPS) is 12.9. The minimum atomic E-state index is -0.883. The van der Waals surface area contributed by atoms with Crippen molar-refractivity contribution in [2.75, 3.05) is 7.11 Å². The van der Waals surface area contributed by atoms with Gasteiger partial charge in [-0.15, -0.1) is 0 Å². The number of methoxy groups -OCH3 is 1. The van der Waals surface area contributed by atoms with Crippen molar-refractivity contribution in [2.45, 2.75) is 58.7 Å². The second-order valence-electron chi connectivity index (χ2n) is 7.29. The molecular formula is C21H31N3O4. The van der Waals surface area contributed by atoms with E-state index >= 15 is 0 Å². The highest BCUT2D eigenvalue weighted by atomic mass is 16.6. The number of allylic oxidation sites excluding steroid dienone is 5. The number of amides is 1. The van der Waals surface area contributed by atoms with E-state index in [-0.39, 0.29) is 6.42 Å². The molecule has 0 aliphatic heterocycles. The minimum Gasteiger partial charge on any atom is -0.467 e. The number of imidazole rings is 1. The molecule has 154 valence electrons. The summed E-state index contributed by atoms with van der Waals surface area (Å²) < 4.78 is 11.9. The standard InChI is InChI=1S/C21H31N3O4/c1-7-8-9-10-11-16(2)14-24-15-22-13-17(24)12-18(19(25)27-6)23-20(26)28-21(3,4)5/h8-11,13,15,18H,2,7,12,14H2,1,3-6H3,(H,23,26)/b9-8-,11-10-/t18-/m0/s1. The lowest BCUT2D eigenvalue weighted by molar-refractivity contribution is -0.143. The summed E-state index contributed by atoms with van der Waals surface area (Å²) in [7, 11) is 1.28. The number of esters is 1. The van der Waals surface area contributed by atoms with Crippen LogP contribution < -0.4 is 5.32 Å². The van der Waals surface area contributed by atoms with Gasteiger partial charge in [-0.2, -0.15) is 0 Å². The van der Waals surface area contributed by atoms with Gasteiger partial charge in [0, 0.05) is 24.9 Å². The van der Waals surface area contributed by atoms with E-state index in [4.69, 9.17) is 9.47 Å². The monoisotopic (exact) mass is 389 g/mol. The fourth-order valence-electron chi connectivity index (χ4n) is 2.33. The molecule has 0 saturated heterocycles. The fourth-order valence-corrected chi connectivity index (χ4v) is 2.33. The lowest BCUT2D eigenvalue weighted by Crippen LogP contribution is -2.45. The second kappa shape index (κ2) is 11.1. The zero-order valence-corrected chi connectivity index (χ0v) is 17.4. The summed E-state index contributed by atoms with van der Waals surface area (Å²) in [6, 6.07) is -0.883. The summed E-state index contributed by atoms with van der Waals surface area (Å²) in [5, 5.41) is 2.57. The van der Waals surface area contributed by atoms with Crippen LogP contribution in [0.3, 0.4) is 0 Å². The lowest BCUT2D eigenvalue weighted by Gasteiger charge is -2.22. The Labute approximate surface area is 167 Å². The Morgan fingerprint density at radius 3 is 2.68 bits per heavy atom. The number of hydrogen-bond acceptors (Lipinski definition) is 5.